The molecule has 0 unspecified atom stereocenters. The molecule has 0 radical (unpaired) electrons. The zero-order valence-corrected chi connectivity index (χ0v) is 10.2. The lowest BCUT2D eigenvalue weighted by atomic mass is 9.99. The normalized spacial score (nSPS) is 14.9. The lowest BCUT2D eigenvalue weighted by molar-refractivity contribution is -0.118. The van der Waals surface area contributed by atoms with Gasteiger partial charge in [0, 0.05) is 23.6 Å². The fourth-order valence-corrected chi connectivity index (χ4v) is 2.33. The molecule has 0 aliphatic carbocycles. The third-order valence-corrected chi connectivity index (χ3v) is 3.40. The maximum atomic E-state index is 11.5. The first-order chi connectivity index (χ1) is 7.50. The van der Waals surface area contributed by atoms with Crippen LogP contribution in [0.15, 0.2) is 16.6 Å². The number of benzene rings is 1. The van der Waals surface area contributed by atoms with Gasteiger partial charge in [0.25, 0.3) is 0 Å². The Kier molecular flexibility index (Phi) is 2.71. The second-order valence-corrected chi connectivity index (χ2v) is 4.57. The number of fused-ring (bicyclic) bond motifs is 1. The molecule has 5 heteroatoms. The number of carboxylic acids is 1. The van der Waals surface area contributed by atoms with Gasteiger partial charge >= 0.3 is 5.97 Å². The van der Waals surface area contributed by atoms with Crippen LogP contribution >= 0.6 is 15.9 Å². The van der Waals surface area contributed by atoms with E-state index in [9.17, 15) is 9.59 Å². The van der Waals surface area contributed by atoms with Crippen LogP contribution < -0.4 is 4.90 Å². The van der Waals surface area contributed by atoms with Crippen molar-refractivity contribution in [3.8, 4) is 0 Å². The first-order valence-electron chi connectivity index (χ1n) is 4.83. The van der Waals surface area contributed by atoms with Crippen molar-refractivity contribution in [3.05, 3.63) is 27.7 Å². The molecule has 1 heterocycles. The molecule has 0 fully saturated rings. The highest BCUT2D eigenvalue weighted by molar-refractivity contribution is 9.10. The molecule has 0 atom stereocenters. The molecule has 1 N–H and O–H groups in total. The molecular formula is C11H10BrNO3. The van der Waals surface area contributed by atoms with Gasteiger partial charge in [-0.3, -0.25) is 4.79 Å². The molecule has 1 aliphatic heterocycles. The van der Waals surface area contributed by atoms with Crippen molar-refractivity contribution in [3.63, 3.8) is 0 Å². The van der Waals surface area contributed by atoms with E-state index in [0.29, 0.717) is 17.3 Å². The molecule has 4 nitrogen and oxygen atoms in total. The van der Waals surface area contributed by atoms with Crippen LogP contribution in [0.1, 0.15) is 22.3 Å². The summed E-state index contributed by atoms with van der Waals surface area (Å²) < 4.78 is 0.500. The summed E-state index contributed by atoms with van der Waals surface area (Å²) in [5, 5.41) is 8.97. The topological polar surface area (TPSA) is 57.6 Å². The number of aryl methyl sites for hydroxylation is 1. The molecule has 0 aromatic heterocycles. The van der Waals surface area contributed by atoms with Crippen molar-refractivity contribution in [2.75, 3.05) is 11.9 Å². The number of carboxylic acid groups (broad SMARTS) is 1. The van der Waals surface area contributed by atoms with Gasteiger partial charge < -0.3 is 10.0 Å². The van der Waals surface area contributed by atoms with E-state index >= 15 is 0 Å². The third-order valence-electron chi connectivity index (χ3n) is 2.74. The van der Waals surface area contributed by atoms with Crippen LogP contribution in [0.25, 0.3) is 0 Å². The minimum Gasteiger partial charge on any atom is -0.478 e. The van der Waals surface area contributed by atoms with Crippen molar-refractivity contribution in [1.29, 1.82) is 0 Å². The molecule has 2 rings (SSSR count). The van der Waals surface area contributed by atoms with Crippen molar-refractivity contribution in [1.82, 2.24) is 0 Å². The SMILES string of the molecule is CN1C(=O)CCc2cc(C(=O)O)c(Br)cc21. The second-order valence-electron chi connectivity index (χ2n) is 3.72. The summed E-state index contributed by atoms with van der Waals surface area (Å²) >= 11 is 3.20. The lowest BCUT2D eigenvalue weighted by Crippen LogP contribution is -2.31. The number of carbonyl (C=O) groups is 2. The van der Waals surface area contributed by atoms with E-state index in [1.165, 1.54) is 0 Å². The van der Waals surface area contributed by atoms with Gasteiger partial charge in [-0.2, -0.15) is 0 Å². The minimum absolute atomic E-state index is 0.0578. The van der Waals surface area contributed by atoms with Crippen LogP contribution in [-0.2, 0) is 11.2 Å². The smallest absolute Gasteiger partial charge is 0.336 e. The van der Waals surface area contributed by atoms with Crippen molar-refractivity contribution in [2.24, 2.45) is 0 Å². The quantitative estimate of drug-likeness (QED) is 0.858. The van der Waals surface area contributed by atoms with Gasteiger partial charge in [-0.1, -0.05) is 0 Å². The molecule has 84 valence electrons. The zero-order valence-electron chi connectivity index (χ0n) is 8.66. The van der Waals surface area contributed by atoms with Crippen molar-refractivity contribution >= 4 is 33.5 Å². The molecule has 0 spiro atoms. The Balaban J connectivity index is 2.56. The van der Waals surface area contributed by atoms with Gasteiger partial charge in [0.2, 0.25) is 5.91 Å². The monoisotopic (exact) mass is 283 g/mol. The van der Waals surface area contributed by atoms with Crippen molar-refractivity contribution in [2.45, 2.75) is 12.8 Å². The van der Waals surface area contributed by atoms with E-state index in [1.807, 2.05) is 0 Å². The van der Waals surface area contributed by atoms with Gasteiger partial charge in [0.1, 0.15) is 0 Å². The molecule has 0 saturated heterocycles. The number of amides is 1. The summed E-state index contributed by atoms with van der Waals surface area (Å²) in [7, 11) is 1.70. The molecule has 1 aromatic rings. The molecule has 0 bridgehead atoms. The number of carbonyl (C=O) groups excluding carboxylic acids is 1. The zero-order chi connectivity index (χ0) is 11.9. The van der Waals surface area contributed by atoms with E-state index in [-0.39, 0.29) is 11.5 Å². The van der Waals surface area contributed by atoms with Crippen LogP contribution in [-0.4, -0.2) is 24.0 Å². The Morgan fingerprint density at radius 1 is 1.44 bits per heavy atom. The Labute approximate surface area is 101 Å². The molecule has 16 heavy (non-hydrogen) atoms. The van der Waals surface area contributed by atoms with Gasteiger partial charge in [-0.05, 0) is 40.0 Å². The summed E-state index contributed by atoms with van der Waals surface area (Å²) in [6, 6.07) is 3.32. The van der Waals surface area contributed by atoms with Crippen molar-refractivity contribution < 1.29 is 14.7 Å². The van der Waals surface area contributed by atoms with Crippen LogP contribution in [0.5, 0.6) is 0 Å². The largest absolute Gasteiger partial charge is 0.478 e. The molecule has 1 aromatic carbocycles. The number of rotatable bonds is 1. The number of hydrogen-bond donors (Lipinski definition) is 1. The standard InChI is InChI=1S/C11H10BrNO3/c1-13-9-5-8(12)7(11(15)16)4-6(9)2-3-10(13)14/h4-5H,2-3H2,1H3,(H,15,16). The van der Waals surface area contributed by atoms with E-state index in [2.05, 4.69) is 15.9 Å². The Bertz CT molecular complexity index is 484. The fraction of sp³-hybridized carbons (Fsp3) is 0.273. The molecule has 1 amide bonds. The predicted octanol–water partition coefficient (Wildman–Crippen LogP) is 2.06. The highest BCUT2D eigenvalue weighted by Crippen LogP contribution is 2.32. The summed E-state index contributed by atoms with van der Waals surface area (Å²) in [6.07, 6.45) is 1.04. The summed E-state index contributed by atoms with van der Waals surface area (Å²) in [5.74, 6) is -0.906. The van der Waals surface area contributed by atoms with E-state index in [1.54, 1.807) is 24.1 Å². The Morgan fingerprint density at radius 3 is 2.75 bits per heavy atom. The maximum absolute atomic E-state index is 11.5. The number of anilines is 1. The highest BCUT2D eigenvalue weighted by Gasteiger charge is 2.23. The third kappa shape index (κ3) is 1.71. The number of aromatic carboxylic acids is 1. The number of nitrogens with zero attached hydrogens (tertiary/aromatic N) is 1. The van der Waals surface area contributed by atoms with Gasteiger partial charge in [0.15, 0.2) is 0 Å². The predicted molar refractivity (Wildman–Crippen MR) is 62.8 cm³/mol. The highest BCUT2D eigenvalue weighted by atomic mass is 79.9. The van der Waals surface area contributed by atoms with Gasteiger partial charge in [-0.25, -0.2) is 4.79 Å². The first kappa shape index (κ1) is 11.1. The molecule has 0 saturated carbocycles. The Hall–Kier alpha value is -1.36. The maximum Gasteiger partial charge on any atom is 0.336 e. The van der Waals surface area contributed by atoms with Gasteiger partial charge in [0.05, 0.1) is 5.56 Å². The molecule has 1 aliphatic rings. The van der Waals surface area contributed by atoms with E-state index in [0.717, 1.165) is 11.3 Å². The van der Waals surface area contributed by atoms with E-state index < -0.39 is 5.97 Å². The van der Waals surface area contributed by atoms with Gasteiger partial charge in [-0.15, -0.1) is 0 Å². The van der Waals surface area contributed by atoms with Crippen LogP contribution in [0.3, 0.4) is 0 Å². The van der Waals surface area contributed by atoms with E-state index in [4.69, 9.17) is 5.11 Å². The van der Waals surface area contributed by atoms with Crippen LogP contribution in [0.4, 0.5) is 5.69 Å². The first-order valence-corrected chi connectivity index (χ1v) is 5.62. The lowest BCUT2D eigenvalue weighted by Gasteiger charge is -2.26. The minimum atomic E-state index is -0.964. The second kappa shape index (κ2) is 3.90. The Morgan fingerprint density at radius 2 is 2.12 bits per heavy atom. The summed E-state index contributed by atoms with van der Waals surface area (Å²) in [6.45, 7) is 0. The average molecular weight is 284 g/mol. The van der Waals surface area contributed by atoms with Crippen LogP contribution in [0, 0.1) is 0 Å². The van der Waals surface area contributed by atoms with Crippen LogP contribution in [0.2, 0.25) is 0 Å². The average Bonchev–Trinajstić information content (AvgIpc) is 2.23. The fourth-order valence-electron chi connectivity index (χ4n) is 1.83. The number of hydrogen-bond acceptors (Lipinski definition) is 2. The summed E-state index contributed by atoms with van der Waals surface area (Å²) in [4.78, 5) is 24.0. The summed E-state index contributed by atoms with van der Waals surface area (Å²) in [5.41, 5.74) is 1.93. The number of halogens is 1. The molecular weight excluding hydrogens is 274 g/mol.